The van der Waals surface area contributed by atoms with Gasteiger partial charge in [0.1, 0.15) is 5.75 Å². The lowest BCUT2D eigenvalue weighted by Gasteiger charge is -2.28. The summed E-state index contributed by atoms with van der Waals surface area (Å²) < 4.78 is 5.25. The molecule has 31 heavy (non-hydrogen) atoms. The van der Waals surface area contributed by atoms with E-state index in [-0.39, 0.29) is 17.7 Å². The van der Waals surface area contributed by atoms with Crippen molar-refractivity contribution in [3.63, 3.8) is 0 Å². The van der Waals surface area contributed by atoms with Crippen LogP contribution < -0.4 is 4.74 Å². The highest BCUT2D eigenvalue weighted by molar-refractivity contribution is 6.05. The summed E-state index contributed by atoms with van der Waals surface area (Å²) in [5.41, 5.74) is 5.84. The second-order valence-electron chi connectivity index (χ2n) is 7.91. The van der Waals surface area contributed by atoms with Crippen LogP contribution in [0.1, 0.15) is 40.8 Å². The average molecular weight is 414 g/mol. The Kier molecular flexibility index (Phi) is 5.81. The van der Waals surface area contributed by atoms with Gasteiger partial charge >= 0.3 is 0 Å². The molecule has 0 radical (unpaired) electrons. The Labute approximate surface area is 183 Å². The fraction of sp³-hybridized carbons (Fsp3) is 0.222. The van der Waals surface area contributed by atoms with Gasteiger partial charge in [-0.2, -0.15) is 0 Å². The minimum Gasteiger partial charge on any atom is -0.503 e. The van der Waals surface area contributed by atoms with E-state index in [2.05, 4.69) is 31.2 Å². The summed E-state index contributed by atoms with van der Waals surface area (Å²) in [7, 11) is 1.63. The van der Waals surface area contributed by atoms with Gasteiger partial charge in [-0.25, -0.2) is 0 Å². The summed E-state index contributed by atoms with van der Waals surface area (Å²) in [6, 6.07) is 23.6. The van der Waals surface area contributed by atoms with Crippen molar-refractivity contribution in [3.05, 3.63) is 106 Å². The molecule has 0 fully saturated rings. The smallest absolute Gasteiger partial charge is 0.290 e. The number of aliphatic hydroxyl groups is 1. The van der Waals surface area contributed by atoms with Gasteiger partial charge in [0.15, 0.2) is 5.76 Å². The van der Waals surface area contributed by atoms with E-state index in [4.69, 9.17) is 4.74 Å². The van der Waals surface area contributed by atoms with Gasteiger partial charge in [-0.15, -0.1) is 0 Å². The van der Waals surface area contributed by atoms with Crippen LogP contribution in [-0.2, 0) is 17.8 Å². The third-order valence-electron chi connectivity index (χ3n) is 5.88. The van der Waals surface area contributed by atoms with E-state index in [0.717, 1.165) is 34.4 Å². The van der Waals surface area contributed by atoms with Crippen LogP contribution in [0.5, 0.6) is 5.75 Å². The maximum atomic E-state index is 13.2. The van der Waals surface area contributed by atoms with Crippen molar-refractivity contribution in [2.75, 3.05) is 7.11 Å². The number of hydrogen-bond donors (Lipinski definition) is 1. The highest BCUT2D eigenvalue weighted by Gasteiger charge is 2.40. The van der Waals surface area contributed by atoms with Gasteiger partial charge in [0, 0.05) is 12.1 Å². The first-order chi connectivity index (χ1) is 15.0. The predicted octanol–water partition coefficient (Wildman–Crippen LogP) is 5.62. The molecule has 1 heterocycles. The molecule has 3 aromatic carbocycles. The number of hydrogen-bond acceptors (Lipinski definition) is 3. The maximum absolute atomic E-state index is 13.2. The number of ether oxygens (including phenoxy) is 1. The number of carbonyl (C=O) groups excluding carboxylic acids is 1. The molecular formula is C27H27NO3. The Morgan fingerprint density at radius 1 is 0.903 bits per heavy atom. The van der Waals surface area contributed by atoms with Crippen LogP contribution in [0.3, 0.4) is 0 Å². The molecule has 1 atom stereocenters. The average Bonchev–Trinajstić information content (AvgIpc) is 3.05. The quantitative estimate of drug-likeness (QED) is 0.571. The summed E-state index contributed by atoms with van der Waals surface area (Å²) in [4.78, 5) is 14.9. The maximum Gasteiger partial charge on any atom is 0.290 e. The third-order valence-corrected chi connectivity index (χ3v) is 5.88. The van der Waals surface area contributed by atoms with Crippen LogP contribution >= 0.6 is 0 Å². The van der Waals surface area contributed by atoms with Gasteiger partial charge in [-0.05, 0) is 47.7 Å². The van der Waals surface area contributed by atoms with Gasteiger partial charge < -0.3 is 14.7 Å². The third kappa shape index (κ3) is 4.06. The van der Waals surface area contributed by atoms with E-state index in [0.29, 0.717) is 12.1 Å². The predicted molar refractivity (Wildman–Crippen MR) is 123 cm³/mol. The molecule has 0 unspecified atom stereocenters. The Balaban J connectivity index is 1.77. The monoisotopic (exact) mass is 413 g/mol. The Morgan fingerprint density at radius 2 is 1.52 bits per heavy atom. The lowest BCUT2D eigenvalue weighted by molar-refractivity contribution is -0.130. The number of amides is 1. The van der Waals surface area contributed by atoms with Gasteiger partial charge in [0.25, 0.3) is 5.91 Å². The molecule has 0 aromatic heterocycles. The second kappa shape index (κ2) is 8.68. The Hall–Kier alpha value is -3.53. The molecule has 1 N–H and O–H groups in total. The largest absolute Gasteiger partial charge is 0.503 e. The zero-order valence-electron chi connectivity index (χ0n) is 18.1. The molecule has 0 spiro atoms. The number of carbonyl (C=O) groups is 1. The van der Waals surface area contributed by atoms with Crippen LogP contribution in [0.25, 0.3) is 5.57 Å². The minimum atomic E-state index is -0.358. The number of methoxy groups -OCH3 is 1. The summed E-state index contributed by atoms with van der Waals surface area (Å²) in [6.45, 7) is 4.53. The molecular weight excluding hydrogens is 386 g/mol. The first kappa shape index (κ1) is 20.7. The lowest BCUT2D eigenvalue weighted by atomic mass is 9.92. The molecule has 0 bridgehead atoms. The minimum absolute atomic E-state index is 0.179. The van der Waals surface area contributed by atoms with Crippen molar-refractivity contribution in [1.29, 1.82) is 0 Å². The first-order valence-corrected chi connectivity index (χ1v) is 10.5. The van der Waals surface area contributed by atoms with E-state index in [1.807, 2.05) is 55.5 Å². The molecule has 3 aromatic rings. The van der Waals surface area contributed by atoms with Crippen LogP contribution in [0.2, 0.25) is 0 Å². The van der Waals surface area contributed by atoms with Gasteiger partial charge in [0.2, 0.25) is 0 Å². The van der Waals surface area contributed by atoms with Gasteiger partial charge in [-0.1, -0.05) is 73.2 Å². The van der Waals surface area contributed by atoms with Crippen molar-refractivity contribution < 1.29 is 14.6 Å². The molecule has 1 aliphatic rings. The zero-order valence-corrected chi connectivity index (χ0v) is 18.1. The van der Waals surface area contributed by atoms with E-state index in [9.17, 15) is 9.90 Å². The molecule has 4 rings (SSSR count). The molecule has 158 valence electrons. The number of aliphatic hydroxyl groups excluding tert-OH is 1. The Morgan fingerprint density at radius 3 is 2.10 bits per heavy atom. The number of benzene rings is 3. The van der Waals surface area contributed by atoms with E-state index < -0.39 is 0 Å². The Bertz CT molecular complexity index is 1100. The van der Waals surface area contributed by atoms with E-state index in [1.165, 1.54) is 5.56 Å². The van der Waals surface area contributed by atoms with Gasteiger partial charge in [0.05, 0.1) is 13.2 Å². The fourth-order valence-corrected chi connectivity index (χ4v) is 4.05. The van der Waals surface area contributed by atoms with Crippen molar-refractivity contribution in [1.82, 2.24) is 4.90 Å². The standard InChI is InChI=1S/C27H27NO3/c1-4-19-7-13-22(14-8-19)25-24(21-11-5-18(2)6-12-21)26(29)27(30)28(25)17-20-9-15-23(31-3)16-10-20/h5-16,25,29H,4,17H2,1-3H3/t25-/m1/s1. The summed E-state index contributed by atoms with van der Waals surface area (Å²) in [5, 5.41) is 10.9. The number of aryl methyl sites for hydroxylation is 2. The number of nitrogens with zero attached hydrogens (tertiary/aromatic N) is 1. The second-order valence-corrected chi connectivity index (χ2v) is 7.91. The molecule has 0 aliphatic carbocycles. The van der Waals surface area contributed by atoms with Crippen LogP contribution in [0.15, 0.2) is 78.6 Å². The van der Waals surface area contributed by atoms with Crippen LogP contribution in [0.4, 0.5) is 0 Å². The molecule has 0 saturated heterocycles. The summed E-state index contributed by atoms with van der Waals surface area (Å²) >= 11 is 0. The van der Waals surface area contributed by atoms with Crippen molar-refractivity contribution in [2.24, 2.45) is 0 Å². The van der Waals surface area contributed by atoms with Gasteiger partial charge in [-0.3, -0.25) is 4.79 Å². The van der Waals surface area contributed by atoms with E-state index >= 15 is 0 Å². The van der Waals surface area contributed by atoms with Crippen LogP contribution in [0, 0.1) is 6.92 Å². The molecule has 1 aliphatic heterocycles. The van der Waals surface area contributed by atoms with Crippen molar-refractivity contribution in [2.45, 2.75) is 32.9 Å². The summed E-state index contributed by atoms with van der Waals surface area (Å²) in [6.07, 6.45) is 0.950. The SMILES string of the molecule is CCc1ccc([C@@H]2C(c3ccc(C)cc3)=C(O)C(=O)N2Cc2ccc(OC)cc2)cc1. The first-order valence-electron chi connectivity index (χ1n) is 10.5. The molecule has 0 saturated carbocycles. The van der Waals surface area contributed by atoms with Crippen LogP contribution in [-0.4, -0.2) is 23.0 Å². The fourth-order valence-electron chi connectivity index (χ4n) is 4.05. The summed E-state index contributed by atoms with van der Waals surface area (Å²) in [5.74, 6) is 0.238. The topological polar surface area (TPSA) is 49.8 Å². The highest BCUT2D eigenvalue weighted by Crippen LogP contribution is 2.43. The van der Waals surface area contributed by atoms with Crippen molar-refractivity contribution >= 4 is 11.5 Å². The molecule has 4 heteroatoms. The lowest BCUT2D eigenvalue weighted by Crippen LogP contribution is -2.29. The molecule has 4 nitrogen and oxygen atoms in total. The van der Waals surface area contributed by atoms with Crippen molar-refractivity contribution in [3.8, 4) is 5.75 Å². The number of rotatable bonds is 6. The normalized spacial score (nSPS) is 16.2. The highest BCUT2D eigenvalue weighted by atomic mass is 16.5. The zero-order chi connectivity index (χ0) is 22.0. The van der Waals surface area contributed by atoms with E-state index in [1.54, 1.807) is 12.0 Å². The molecule has 1 amide bonds.